The molecule has 0 saturated carbocycles. The van der Waals surface area contributed by atoms with Crippen molar-refractivity contribution in [2.75, 3.05) is 5.32 Å². The summed E-state index contributed by atoms with van der Waals surface area (Å²) in [5.74, 6) is -0.118. The van der Waals surface area contributed by atoms with Crippen LogP contribution in [0.5, 0.6) is 0 Å². The van der Waals surface area contributed by atoms with Crippen molar-refractivity contribution >= 4 is 38.7 Å². The number of aromatic nitrogens is 3. The van der Waals surface area contributed by atoms with Crippen molar-refractivity contribution in [1.29, 1.82) is 0 Å². The lowest BCUT2D eigenvalue weighted by Gasteiger charge is -2.00. The van der Waals surface area contributed by atoms with Crippen molar-refractivity contribution in [1.82, 2.24) is 13.8 Å². The molecule has 1 amide bonds. The lowest BCUT2D eigenvalue weighted by molar-refractivity contribution is 0.103. The number of rotatable bonds is 3. The lowest BCUT2D eigenvalue weighted by atomic mass is 10.2. The zero-order chi connectivity index (χ0) is 16.7. The zero-order valence-electron chi connectivity index (χ0n) is 13.1. The third kappa shape index (κ3) is 2.61. The Hall–Kier alpha value is -2.51. The molecule has 0 fully saturated rings. The highest BCUT2D eigenvalue weighted by Gasteiger charge is 2.18. The van der Waals surface area contributed by atoms with Gasteiger partial charge in [-0.05, 0) is 31.4 Å². The van der Waals surface area contributed by atoms with Gasteiger partial charge in [0.15, 0.2) is 4.96 Å². The van der Waals surface area contributed by atoms with E-state index in [1.165, 1.54) is 22.9 Å². The molecule has 120 valence electrons. The summed E-state index contributed by atoms with van der Waals surface area (Å²) in [6.45, 7) is 3.84. The van der Waals surface area contributed by atoms with E-state index in [9.17, 15) is 4.79 Å². The number of anilines is 1. The molecule has 0 atom stereocenters. The van der Waals surface area contributed by atoms with Crippen LogP contribution < -0.4 is 5.32 Å². The number of hydrogen-bond acceptors (Lipinski definition) is 5. The minimum Gasteiger partial charge on any atom is -0.312 e. The second-order valence-electron chi connectivity index (χ2n) is 5.45. The SMILES string of the molecule is Cc1cc(NC(=O)c2sc3nc(-c4ccccc4)cn3c2C)sn1. The van der Waals surface area contributed by atoms with E-state index in [2.05, 4.69) is 14.7 Å². The van der Waals surface area contributed by atoms with Gasteiger partial charge in [0, 0.05) is 17.5 Å². The summed E-state index contributed by atoms with van der Waals surface area (Å²) in [5, 5.41) is 3.66. The van der Waals surface area contributed by atoms with Gasteiger partial charge in [-0.2, -0.15) is 4.37 Å². The third-order valence-electron chi connectivity index (χ3n) is 3.70. The first-order valence-electron chi connectivity index (χ1n) is 7.40. The van der Waals surface area contributed by atoms with Crippen LogP contribution in [-0.4, -0.2) is 19.7 Å². The molecule has 0 bridgehead atoms. The fourth-order valence-electron chi connectivity index (χ4n) is 2.50. The van der Waals surface area contributed by atoms with Crippen LogP contribution >= 0.6 is 22.9 Å². The van der Waals surface area contributed by atoms with E-state index < -0.39 is 0 Å². The summed E-state index contributed by atoms with van der Waals surface area (Å²) in [4.78, 5) is 18.6. The first kappa shape index (κ1) is 15.0. The predicted octanol–water partition coefficient (Wildman–Crippen LogP) is 4.39. The average Bonchev–Trinajstić information content (AvgIpc) is 3.25. The van der Waals surface area contributed by atoms with Crippen molar-refractivity contribution in [2.24, 2.45) is 0 Å². The van der Waals surface area contributed by atoms with E-state index in [1.54, 1.807) is 0 Å². The molecule has 24 heavy (non-hydrogen) atoms. The molecule has 1 aromatic carbocycles. The highest BCUT2D eigenvalue weighted by Crippen LogP contribution is 2.28. The van der Waals surface area contributed by atoms with Crippen LogP contribution in [0, 0.1) is 13.8 Å². The van der Waals surface area contributed by atoms with Crippen molar-refractivity contribution < 1.29 is 4.79 Å². The van der Waals surface area contributed by atoms with Crippen molar-refractivity contribution in [3.05, 3.63) is 58.9 Å². The summed E-state index contributed by atoms with van der Waals surface area (Å²) in [5.41, 5.74) is 3.78. The Balaban J connectivity index is 1.66. The van der Waals surface area contributed by atoms with Gasteiger partial charge in [0.2, 0.25) is 0 Å². The molecule has 3 heterocycles. The predicted molar refractivity (Wildman–Crippen MR) is 98.0 cm³/mol. The molecule has 4 aromatic rings. The fraction of sp³-hybridized carbons (Fsp3) is 0.118. The number of thiazole rings is 1. The number of carbonyl (C=O) groups is 1. The number of benzene rings is 1. The van der Waals surface area contributed by atoms with Crippen LogP contribution in [0.3, 0.4) is 0 Å². The molecule has 3 aromatic heterocycles. The van der Waals surface area contributed by atoms with E-state index in [4.69, 9.17) is 0 Å². The van der Waals surface area contributed by atoms with Crippen LogP contribution in [0.1, 0.15) is 21.1 Å². The number of aryl methyl sites for hydroxylation is 2. The summed E-state index contributed by atoms with van der Waals surface area (Å²) < 4.78 is 6.15. The Morgan fingerprint density at radius 1 is 1.21 bits per heavy atom. The summed E-state index contributed by atoms with van der Waals surface area (Å²) in [6.07, 6.45) is 1.98. The monoisotopic (exact) mass is 354 g/mol. The van der Waals surface area contributed by atoms with Crippen LogP contribution in [0.25, 0.3) is 16.2 Å². The second-order valence-corrected chi connectivity index (χ2v) is 7.23. The Morgan fingerprint density at radius 2 is 2.00 bits per heavy atom. The molecule has 0 saturated heterocycles. The molecule has 4 rings (SSSR count). The van der Waals surface area contributed by atoms with Gasteiger partial charge in [-0.15, -0.1) is 0 Å². The molecule has 0 aliphatic rings. The largest absolute Gasteiger partial charge is 0.312 e. The number of hydrogen-bond donors (Lipinski definition) is 1. The zero-order valence-corrected chi connectivity index (χ0v) is 14.7. The molecular formula is C17H14N4OS2. The molecule has 0 radical (unpaired) electrons. The van der Waals surface area contributed by atoms with E-state index in [0.717, 1.165) is 32.6 Å². The van der Waals surface area contributed by atoms with E-state index >= 15 is 0 Å². The standard InChI is InChI=1S/C17H14N4OS2/c1-10-8-14(24-20-10)19-16(22)15-11(2)21-9-13(18-17(21)23-15)12-6-4-3-5-7-12/h3-9H,1-2H3,(H,19,22). The molecule has 1 N–H and O–H groups in total. The van der Waals surface area contributed by atoms with Gasteiger partial charge in [0.25, 0.3) is 5.91 Å². The number of amides is 1. The number of imidazole rings is 1. The minimum atomic E-state index is -0.118. The highest BCUT2D eigenvalue weighted by atomic mass is 32.1. The lowest BCUT2D eigenvalue weighted by Crippen LogP contribution is -2.10. The Morgan fingerprint density at radius 3 is 2.67 bits per heavy atom. The molecule has 7 heteroatoms. The first-order chi connectivity index (χ1) is 11.6. The van der Waals surface area contributed by atoms with Gasteiger partial charge in [0.1, 0.15) is 9.88 Å². The second kappa shape index (κ2) is 5.85. The quantitative estimate of drug-likeness (QED) is 0.594. The van der Waals surface area contributed by atoms with Crippen molar-refractivity contribution in [2.45, 2.75) is 13.8 Å². The topological polar surface area (TPSA) is 59.3 Å². The van der Waals surface area contributed by atoms with E-state index in [-0.39, 0.29) is 5.91 Å². The number of nitrogens with zero attached hydrogens (tertiary/aromatic N) is 3. The Kier molecular flexibility index (Phi) is 3.66. The maximum absolute atomic E-state index is 12.5. The Bertz CT molecular complexity index is 1030. The fourth-order valence-corrected chi connectivity index (χ4v) is 4.16. The molecule has 0 aliphatic carbocycles. The summed E-state index contributed by atoms with van der Waals surface area (Å²) >= 11 is 2.68. The number of carbonyl (C=O) groups excluding carboxylic acids is 1. The van der Waals surface area contributed by atoms with Crippen molar-refractivity contribution in [3.63, 3.8) is 0 Å². The van der Waals surface area contributed by atoms with Crippen molar-refractivity contribution in [3.8, 4) is 11.3 Å². The number of fused-ring (bicyclic) bond motifs is 1. The van der Waals surface area contributed by atoms with E-state index in [1.807, 2.05) is 60.8 Å². The molecular weight excluding hydrogens is 340 g/mol. The Labute approximate surface area is 146 Å². The first-order valence-corrected chi connectivity index (χ1v) is 8.99. The van der Waals surface area contributed by atoms with Crippen LogP contribution in [0.4, 0.5) is 5.00 Å². The molecule has 0 spiro atoms. The maximum Gasteiger partial charge on any atom is 0.268 e. The van der Waals surface area contributed by atoms with Crippen LogP contribution in [-0.2, 0) is 0 Å². The minimum absolute atomic E-state index is 0.118. The molecule has 0 unspecified atom stereocenters. The normalized spacial score (nSPS) is 11.1. The van der Waals surface area contributed by atoms with Gasteiger partial charge in [0.05, 0.1) is 11.4 Å². The van der Waals surface area contributed by atoms with Gasteiger partial charge in [-0.1, -0.05) is 41.7 Å². The average molecular weight is 354 g/mol. The summed E-state index contributed by atoms with van der Waals surface area (Å²) in [6, 6.07) is 11.9. The maximum atomic E-state index is 12.5. The highest BCUT2D eigenvalue weighted by molar-refractivity contribution is 7.19. The molecule has 0 aliphatic heterocycles. The summed E-state index contributed by atoms with van der Waals surface area (Å²) in [7, 11) is 0. The van der Waals surface area contributed by atoms with Crippen LogP contribution in [0.15, 0.2) is 42.6 Å². The van der Waals surface area contributed by atoms with Gasteiger partial charge < -0.3 is 5.32 Å². The van der Waals surface area contributed by atoms with Gasteiger partial charge >= 0.3 is 0 Å². The van der Waals surface area contributed by atoms with Crippen LogP contribution in [0.2, 0.25) is 0 Å². The third-order valence-corrected chi connectivity index (χ3v) is 5.65. The number of nitrogens with one attached hydrogen (secondary N) is 1. The van der Waals surface area contributed by atoms with Gasteiger partial charge in [-0.25, -0.2) is 4.98 Å². The van der Waals surface area contributed by atoms with Gasteiger partial charge in [-0.3, -0.25) is 9.20 Å². The molecule has 5 nitrogen and oxygen atoms in total. The van der Waals surface area contributed by atoms with E-state index in [0.29, 0.717) is 4.88 Å². The smallest absolute Gasteiger partial charge is 0.268 e.